The summed E-state index contributed by atoms with van der Waals surface area (Å²) in [6.45, 7) is 0. The average Bonchev–Trinajstić information content (AvgIpc) is 3.20. The Hall–Kier alpha value is -6.43. The van der Waals surface area contributed by atoms with Crippen molar-refractivity contribution in [3.63, 3.8) is 0 Å². The van der Waals surface area contributed by atoms with Crippen LogP contribution in [0.3, 0.4) is 0 Å². The van der Waals surface area contributed by atoms with Crippen LogP contribution in [0.4, 0.5) is 35.1 Å². The van der Waals surface area contributed by atoms with Gasteiger partial charge in [-0.15, -0.1) is 36.4 Å². The van der Waals surface area contributed by atoms with Gasteiger partial charge in [-0.1, -0.05) is 84.8 Å². The summed E-state index contributed by atoms with van der Waals surface area (Å²) in [6, 6.07) is 37.2. The zero-order valence-electron chi connectivity index (χ0n) is 29.1. The zero-order chi connectivity index (χ0) is 39.9. The summed E-state index contributed by atoms with van der Waals surface area (Å²) in [5, 5.41) is 0. The van der Waals surface area contributed by atoms with Gasteiger partial charge in [-0.25, -0.2) is 8.78 Å². The maximum absolute atomic E-state index is 13.3. The molecular formula is C45H29F8IrN4. The van der Waals surface area contributed by atoms with Crippen LogP contribution in [0.15, 0.2) is 152 Å². The minimum atomic E-state index is -0.649. The number of rotatable bonds is 4. The fourth-order valence-electron chi connectivity index (χ4n) is 4.67. The summed E-state index contributed by atoms with van der Waals surface area (Å²) in [7, 11) is 0. The second kappa shape index (κ2) is 23.0. The first-order chi connectivity index (χ1) is 27.1. The van der Waals surface area contributed by atoms with Crippen molar-refractivity contribution in [1.82, 2.24) is 19.9 Å². The fourth-order valence-corrected chi connectivity index (χ4v) is 4.67. The van der Waals surface area contributed by atoms with Crippen LogP contribution in [-0.4, -0.2) is 19.9 Å². The number of halogens is 8. The summed E-state index contributed by atoms with van der Waals surface area (Å²) >= 11 is 0. The smallest absolute Gasteiger partial charge is 0.305 e. The van der Waals surface area contributed by atoms with E-state index < -0.39 is 46.5 Å². The van der Waals surface area contributed by atoms with Gasteiger partial charge in [0.15, 0.2) is 0 Å². The molecule has 4 nitrogen and oxygen atoms in total. The number of hydrogen-bond acceptors (Lipinski definition) is 4. The molecule has 0 aliphatic heterocycles. The van der Waals surface area contributed by atoms with E-state index in [1.165, 1.54) is 12.1 Å². The summed E-state index contributed by atoms with van der Waals surface area (Å²) in [5.41, 5.74) is 2.73. The van der Waals surface area contributed by atoms with Crippen LogP contribution in [0.5, 0.6) is 0 Å². The van der Waals surface area contributed by atoms with Crippen LogP contribution in [0, 0.1) is 64.7 Å². The topological polar surface area (TPSA) is 51.6 Å². The van der Waals surface area contributed by atoms with E-state index in [-0.39, 0.29) is 44.2 Å². The average molecular weight is 970 g/mol. The van der Waals surface area contributed by atoms with E-state index in [4.69, 9.17) is 0 Å². The first-order valence-corrected chi connectivity index (χ1v) is 16.3. The number of pyridine rings is 4. The Morgan fingerprint density at radius 3 is 0.931 bits per heavy atom. The van der Waals surface area contributed by atoms with Crippen LogP contribution in [0.1, 0.15) is 7.43 Å². The Labute approximate surface area is 343 Å². The van der Waals surface area contributed by atoms with Crippen LogP contribution in [-0.2, 0) is 20.1 Å². The summed E-state index contributed by atoms with van der Waals surface area (Å²) in [5.74, 6) is -5.03. The molecule has 0 saturated heterocycles. The third-order valence-corrected chi connectivity index (χ3v) is 7.21. The van der Waals surface area contributed by atoms with Crippen molar-refractivity contribution < 1.29 is 55.2 Å². The fraction of sp³-hybridized carbons (Fsp3) is 0.0222. The Morgan fingerprint density at radius 1 is 0.345 bits per heavy atom. The largest absolute Gasteiger partial charge is 3.00 e. The van der Waals surface area contributed by atoms with Gasteiger partial charge in [-0.3, -0.25) is 31.3 Å². The minimum Gasteiger partial charge on any atom is -0.305 e. The number of nitrogens with zero attached hydrogens (tertiary/aromatic N) is 4. The van der Waals surface area contributed by atoms with Crippen molar-refractivity contribution >= 4 is 0 Å². The second-order valence-corrected chi connectivity index (χ2v) is 11.1. The molecule has 4 heterocycles. The monoisotopic (exact) mass is 970 g/mol. The molecule has 0 unspecified atom stereocenters. The molecule has 4 aromatic carbocycles. The van der Waals surface area contributed by atoms with E-state index in [1.807, 2.05) is 0 Å². The molecule has 294 valence electrons. The van der Waals surface area contributed by atoms with E-state index in [0.29, 0.717) is 28.3 Å². The second-order valence-electron chi connectivity index (χ2n) is 11.1. The molecule has 0 spiro atoms. The molecule has 0 radical (unpaired) electrons. The first-order valence-electron chi connectivity index (χ1n) is 16.3. The number of benzene rings is 4. The number of hydrogen-bond donors (Lipinski definition) is 0. The van der Waals surface area contributed by atoms with E-state index >= 15 is 0 Å². The Kier molecular flexibility index (Phi) is 18.2. The molecule has 0 N–H and O–H groups in total. The molecule has 0 aliphatic rings. The van der Waals surface area contributed by atoms with Crippen molar-refractivity contribution in [3.05, 3.63) is 217 Å². The van der Waals surface area contributed by atoms with Gasteiger partial charge in [0.25, 0.3) is 0 Å². The summed E-state index contributed by atoms with van der Waals surface area (Å²) in [6.07, 6.45) is 6.21. The van der Waals surface area contributed by atoms with Gasteiger partial charge in [0, 0.05) is 71.3 Å². The summed E-state index contributed by atoms with van der Waals surface area (Å²) in [4.78, 5) is 15.8. The molecule has 58 heavy (non-hydrogen) atoms. The quantitative estimate of drug-likeness (QED) is 0.130. The minimum absolute atomic E-state index is 0. The molecule has 0 fully saturated rings. The molecule has 13 heteroatoms. The van der Waals surface area contributed by atoms with E-state index in [2.05, 4.69) is 38.1 Å². The third-order valence-electron chi connectivity index (χ3n) is 7.21. The van der Waals surface area contributed by atoms with Crippen molar-refractivity contribution in [2.24, 2.45) is 0 Å². The molecular weight excluding hydrogens is 941 g/mol. The zero-order valence-corrected chi connectivity index (χ0v) is 31.5. The van der Waals surface area contributed by atoms with E-state index in [0.717, 1.165) is 42.5 Å². The molecule has 0 atom stereocenters. The predicted molar refractivity (Wildman–Crippen MR) is 202 cm³/mol. The standard InChI is InChI=1S/C11H7F2N.3C11H6F2N.CH4.Ir/c4*12-8-4-5-9(10(13)7-8)11-3-1-2-6-14-11;;/h1-7H;3*1-4,6-7H;1H4;/q;3*-1;;+3. The van der Waals surface area contributed by atoms with Gasteiger partial charge in [0.05, 0.1) is 5.69 Å². The van der Waals surface area contributed by atoms with Gasteiger partial charge in [-0.2, -0.15) is 0 Å². The predicted octanol–water partition coefficient (Wildman–Crippen LogP) is 12.1. The molecule has 0 bridgehead atoms. The Morgan fingerprint density at radius 2 is 0.655 bits per heavy atom. The van der Waals surface area contributed by atoms with Gasteiger partial charge in [-0.05, 0) is 59.5 Å². The molecule has 8 rings (SSSR count). The van der Waals surface area contributed by atoms with Crippen LogP contribution >= 0.6 is 0 Å². The van der Waals surface area contributed by atoms with Crippen molar-refractivity contribution in [1.29, 1.82) is 0 Å². The van der Waals surface area contributed by atoms with E-state index in [1.54, 1.807) is 97.6 Å². The molecule has 0 saturated carbocycles. The maximum atomic E-state index is 13.3. The van der Waals surface area contributed by atoms with Gasteiger partial charge < -0.3 is 15.0 Å². The van der Waals surface area contributed by atoms with Gasteiger partial charge >= 0.3 is 20.1 Å². The maximum Gasteiger partial charge on any atom is 3.00 e. The molecule has 8 aromatic rings. The van der Waals surface area contributed by atoms with Gasteiger partial charge in [0.1, 0.15) is 11.6 Å². The van der Waals surface area contributed by atoms with Crippen molar-refractivity contribution in [3.8, 4) is 45.0 Å². The van der Waals surface area contributed by atoms with Gasteiger partial charge in [0.2, 0.25) is 0 Å². The van der Waals surface area contributed by atoms with Crippen molar-refractivity contribution in [2.75, 3.05) is 0 Å². The third kappa shape index (κ3) is 13.4. The summed E-state index contributed by atoms with van der Waals surface area (Å²) < 4.78 is 103. The van der Waals surface area contributed by atoms with Crippen LogP contribution < -0.4 is 0 Å². The van der Waals surface area contributed by atoms with Crippen LogP contribution in [0.2, 0.25) is 0 Å². The van der Waals surface area contributed by atoms with Crippen LogP contribution in [0.25, 0.3) is 45.0 Å². The molecule has 4 aromatic heterocycles. The Bertz CT molecular complexity index is 2120. The normalized spacial score (nSPS) is 9.79. The van der Waals surface area contributed by atoms with Crippen molar-refractivity contribution in [2.45, 2.75) is 7.43 Å². The SMILES string of the molecule is C.Fc1c[c-]c(-c2ccccn2)c(F)c1.Fc1c[c-]c(-c2ccccn2)c(F)c1.Fc1c[c-]c(-c2ccccn2)c(F)c1.Fc1ccc(-c2ccccn2)c(F)c1.[Ir+3]. The Balaban J connectivity index is 0.000000205. The molecule has 0 amide bonds. The molecule has 0 aliphatic carbocycles. The first kappa shape index (κ1) is 46.0. The number of aromatic nitrogens is 4. The van der Waals surface area contributed by atoms with E-state index in [9.17, 15) is 35.1 Å².